The molecular weight excluding hydrogens is 454 g/mol. The van der Waals surface area contributed by atoms with Crippen LogP contribution in [0.3, 0.4) is 0 Å². The topological polar surface area (TPSA) is 79.9 Å². The lowest BCUT2D eigenvalue weighted by molar-refractivity contribution is -0.121. The molecule has 3 aromatic carbocycles. The van der Waals surface area contributed by atoms with E-state index in [-0.39, 0.29) is 18.4 Å². The van der Waals surface area contributed by atoms with Crippen molar-refractivity contribution in [1.82, 2.24) is 5.32 Å². The molecule has 1 aliphatic heterocycles. The zero-order valence-corrected chi connectivity index (χ0v) is 20.7. The van der Waals surface area contributed by atoms with E-state index in [1.54, 1.807) is 13.2 Å². The summed E-state index contributed by atoms with van der Waals surface area (Å²) < 4.78 is 10.6. The Hall–Kier alpha value is -3.68. The Morgan fingerprint density at radius 1 is 0.972 bits per heavy atom. The molecule has 0 saturated carbocycles. The van der Waals surface area contributed by atoms with Crippen LogP contribution in [-0.4, -0.2) is 45.2 Å². The first-order chi connectivity index (χ1) is 17.6. The van der Waals surface area contributed by atoms with Gasteiger partial charge in [-0.1, -0.05) is 54.6 Å². The van der Waals surface area contributed by atoms with Crippen LogP contribution >= 0.6 is 0 Å². The average Bonchev–Trinajstić information content (AvgIpc) is 2.91. The minimum absolute atomic E-state index is 0.0713. The van der Waals surface area contributed by atoms with Crippen LogP contribution in [0.4, 0.5) is 11.4 Å². The van der Waals surface area contributed by atoms with Gasteiger partial charge in [-0.3, -0.25) is 9.59 Å². The number of hydrogen-bond acceptors (Lipinski definition) is 5. The molecule has 0 spiro atoms. The lowest BCUT2D eigenvalue weighted by Crippen LogP contribution is -2.33. The van der Waals surface area contributed by atoms with Gasteiger partial charge in [0.15, 0.2) is 0 Å². The van der Waals surface area contributed by atoms with Crippen LogP contribution in [-0.2, 0) is 33.8 Å². The molecule has 0 radical (unpaired) electrons. The quantitative estimate of drug-likeness (QED) is 0.397. The van der Waals surface area contributed by atoms with Gasteiger partial charge in [-0.2, -0.15) is 0 Å². The Morgan fingerprint density at radius 2 is 1.75 bits per heavy atom. The first-order valence-corrected chi connectivity index (χ1v) is 12.3. The van der Waals surface area contributed by atoms with Crippen LogP contribution < -0.4 is 15.5 Å². The predicted octanol–water partition coefficient (Wildman–Crippen LogP) is 4.17. The van der Waals surface area contributed by atoms with Crippen LogP contribution in [0.15, 0.2) is 72.8 Å². The molecule has 0 aliphatic carbocycles. The molecule has 188 valence electrons. The Morgan fingerprint density at radius 3 is 2.56 bits per heavy atom. The van der Waals surface area contributed by atoms with Crippen molar-refractivity contribution in [3.63, 3.8) is 0 Å². The molecule has 0 unspecified atom stereocenters. The van der Waals surface area contributed by atoms with Gasteiger partial charge in [0.2, 0.25) is 5.91 Å². The van der Waals surface area contributed by atoms with E-state index in [1.165, 1.54) is 11.1 Å². The van der Waals surface area contributed by atoms with Crippen molar-refractivity contribution in [2.75, 3.05) is 43.6 Å². The van der Waals surface area contributed by atoms with Gasteiger partial charge < -0.3 is 25.0 Å². The zero-order valence-electron chi connectivity index (χ0n) is 20.7. The summed E-state index contributed by atoms with van der Waals surface area (Å²) in [6, 6.07) is 23.6. The number of nitrogens with zero attached hydrogens (tertiary/aromatic N) is 1. The lowest BCUT2D eigenvalue weighted by Gasteiger charge is -2.32. The van der Waals surface area contributed by atoms with Gasteiger partial charge >= 0.3 is 0 Å². The molecule has 36 heavy (non-hydrogen) atoms. The summed E-state index contributed by atoms with van der Waals surface area (Å²) in [7, 11) is 1.64. The number of ether oxygens (including phenoxy) is 2. The van der Waals surface area contributed by atoms with Crippen molar-refractivity contribution >= 4 is 23.2 Å². The molecular formula is C29H33N3O4. The van der Waals surface area contributed by atoms with Crippen molar-refractivity contribution in [1.29, 1.82) is 0 Å². The number of hydrogen-bond donors (Lipinski definition) is 2. The molecule has 2 amide bonds. The maximum absolute atomic E-state index is 13.2. The van der Waals surface area contributed by atoms with Crippen LogP contribution in [0.1, 0.15) is 33.5 Å². The Bertz CT molecular complexity index is 1170. The molecule has 7 heteroatoms. The number of anilines is 2. The minimum atomic E-state index is -0.267. The number of amides is 2. The van der Waals surface area contributed by atoms with Gasteiger partial charge in [0.1, 0.15) is 6.61 Å². The molecule has 3 aromatic rings. The summed E-state index contributed by atoms with van der Waals surface area (Å²) in [5, 5.41) is 5.85. The van der Waals surface area contributed by atoms with E-state index in [4.69, 9.17) is 9.47 Å². The zero-order chi connectivity index (χ0) is 25.2. The predicted molar refractivity (Wildman–Crippen MR) is 141 cm³/mol. The van der Waals surface area contributed by atoms with Crippen LogP contribution in [0.5, 0.6) is 0 Å². The highest BCUT2D eigenvalue weighted by molar-refractivity contribution is 6.02. The third kappa shape index (κ3) is 6.93. The highest BCUT2D eigenvalue weighted by atomic mass is 16.5. The molecule has 4 rings (SSSR count). The second-order valence-electron chi connectivity index (χ2n) is 8.80. The molecule has 1 aliphatic rings. The SMILES string of the molecule is COCCCNC(=O)c1cc(NC(=O)COCc2ccccc2)ccc1N1CCc2ccccc2C1. The minimum Gasteiger partial charge on any atom is -0.385 e. The van der Waals surface area contributed by atoms with E-state index in [0.29, 0.717) is 31.0 Å². The maximum Gasteiger partial charge on any atom is 0.253 e. The van der Waals surface area contributed by atoms with Gasteiger partial charge in [-0.05, 0) is 47.7 Å². The van der Waals surface area contributed by atoms with E-state index in [1.807, 2.05) is 48.5 Å². The van der Waals surface area contributed by atoms with E-state index in [0.717, 1.165) is 37.2 Å². The number of carbonyl (C=O) groups is 2. The molecule has 0 aromatic heterocycles. The van der Waals surface area contributed by atoms with Gasteiger partial charge in [0.05, 0.1) is 12.2 Å². The summed E-state index contributed by atoms with van der Waals surface area (Å²) in [5.74, 6) is -0.437. The fourth-order valence-corrected chi connectivity index (χ4v) is 4.32. The molecule has 1 heterocycles. The fourth-order valence-electron chi connectivity index (χ4n) is 4.32. The van der Waals surface area contributed by atoms with Crippen molar-refractivity contribution < 1.29 is 19.1 Å². The maximum atomic E-state index is 13.2. The smallest absolute Gasteiger partial charge is 0.253 e. The molecule has 0 fully saturated rings. The van der Waals surface area contributed by atoms with Crippen molar-refractivity contribution in [2.45, 2.75) is 26.0 Å². The summed E-state index contributed by atoms with van der Waals surface area (Å²) in [6.07, 6.45) is 1.64. The van der Waals surface area contributed by atoms with Crippen LogP contribution in [0, 0.1) is 0 Å². The first-order valence-electron chi connectivity index (χ1n) is 12.3. The number of fused-ring (bicyclic) bond motifs is 1. The van der Waals surface area contributed by atoms with Gasteiger partial charge in [0, 0.05) is 44.7 Å². The van der Waals surface area contributed by atoms with E-state index in [2.05, 4.69) is 33.7 Å². The third-order valence-electron chi connectivity index (χ3n) is 6.15. The number of carbonyl (C=O) groups excluding carboxylic acids is 2. The number of rotatable bonds is 11. The van der Waals surface area contributed by atoms with Crippen LogP contribution in [0.2, 0.25) is 0 Å². The number of nitrogens with one attached hydrogen (secondary N) is 2. The standard InChI is InChI=1S/C29H33N3O4/c1-35-17-7-15-30-29(34)26-18-25(31-28(33)21-36-20-22-8-3-2-4-9-22)12-13-27(26)32-16-14-23-10-5-6-11-24(23)19-32/h2-6,8-13,18H,7,14-17,19-21H2,1H3,(H,30,34)(H,31,33). The van der Waals surface area contributed by atoms with Gasteiger partial charge in [-0.15, -0.1) is 0 Å². The lowest BCUT2D eigenvalue weighted by atomic mass is 9.98. The summed E-state index contributed by atoms with van der Waals surface area (Å²) in [6.45, 7) is 2.93. The van der Waals surface area contributed by atoms with E-state index < -0.39 is 0 Å². The molecule has 2 N–H and O–H groups in total. The van der Waals surface area contributed by atoms with Gasteiger partial charge in [-0.25, -0.2) is 0 Å². The Balaban J connectivity index is 1.45. The van der Waals surface area contributed by atoms with Crippen molar-refractivity contribution in [2.24, 2.45) is 0 Å². The molecule has 0 saturated heterocycles. The highest BCUT2D eigenvalue weighted by Crippen LogP contribution is 2.29. The van der Waals surface area contributed by atoms with Crippen molar-refractivity contribution in [3.8, 4) is 0 Å². The third-order valence-corrected chi connectivity index (χ3v) is 6.15. The normalized spacial score (nSPS) is 12.6. The van der Waals surface area contributed by atoms with Crippen molar-refractivity contribution in [3.05, 3.63) is 95.1 Å². The van der Waals surface area contributed by atoms with Gasteiger partial charge in [0.25, 0.3) is 5.91 Å². The number of benzene rings is 3. The summed E-state index contributed by atoms with van der Waals surface area (Å²) >= 11 is 0. The summed E-state index contributed by atoms with van der Waals surface area (Å²) in [5.41, 5.74) is 5.57. The first kappa shape index (κ1) is 25.4. The van der Waals surface area contributed by atoms with E-state index in [9.17, 15) is 9.59 Å². The number of methoxy groups -OCH3 is 1. The Kier molecular flexibility index (Phi) is 9.08. The molecule has 0 bridgehead atoms. The monoisotopic (exact) mass is 487 g/mol. The highest BCUT2D eigenvalue weighted by Gasteiger charge is 2.22. The molecule has 7 nitrogen and oxygen atoms in total. The Labute approximate surface area is 212 Å². The van der Waals surface area contributed by atoms with Crippen LogP contribution in [0.25, 0.3) is 0 Å². The fraction of sp³-hybridized carbons (Fsp3) is 0.310. The largest absolute Gasteiger partial charge is 0.385 e. The van der Waals surface area contributed by atoms with E-state index >= 15 is 0 Å². The second kappa shape index (κ2) is 12.9. The second-order valence-corrected chi connectivity index (χ2v) is 8.80. The molecule has 0 atom stereocenters. The average molecular weight is 488 g/mol. The summed E-state index contributed by atoms with van der Waals surface area (Å²) in [4.78, 5) is 27.9.